The largest absolute Gasteiger partial charge is 0.325 e. The van der Waals surface area contributed by atoms with E-state index < -0.39 is 17.5 Å². The van der Waals surface area contributed by atoms with Crippen molar-refractivity contribution in [2.45, 2.75) is 90.5 Å². The van der Waals surface area contributed by atoms with E-state index in [1.807, 2.05) is 0 Å². The number of hydrogen-bond acceptors (Lipinski definition) is 4. The van der Waals surface area contributed by atoms with Gasteiger partial charge in [-0.2, -0.15) is 5.10 Å². The molecule has 29 heavy (non-hydrogen) atoms. The van der Waals surface area contributed by atoms with Crippen LogP contribution < -0.4 is 10.7 Å². The highest BCUT2D eigenvalue weighted by Crippen LogP contribution is 2.63. The predicted octanol–water partition coefficient (Wildman–Crippen LogP) is 3.34. The Morgan fingerprint density at radius 3 is 2.34 bits per heavy atom. The first-order valence-corrected chi connectivity index (χ1v) is 11.2. The molecule has 0 aromatic carbocycles. The monoisotopic (exact) mass is 402 g/mol. The molecule has 1 saturated heterocycles. The summed E-state index contributed by atoms with van der Waals surface area (Å²) in [6, 6.07) is -0.452. The van der Waals surface area contributed by atoms with Crippen molar-refractivity contribution in [2.24, 2.45) is 21.8 Å². The molecule has 7 nitrogen and oxygen atoms in total. The molecule has 160 valence electrons. The summed E-state index contributed by atoms with van der Waals surface area (Å²) < 4.78 is 0. The lowest BCUT2D eigenvalue weighted by Crippen LogP contribution is -2.48. The lowest BCUT2D eigenvalue weighted by molar-refractivity contribution is -0.135. The van der Waals surface area contributed by atoms with Crippen LogP contribution in [0.4, 0.5) is 4.79 Å². The SMILES string of the molecule is CC12CCC(C/C1=N\NC(=O)CN1C(=O)NC3(CCCCCCC3)C1=O)C2(C)C. The van der Waals surface area contributed by atoms with Gasteiger partial charge in [-0.1, -0.05) is 52.9 Å². The number of rotatable bonds is 3. The fraction of sp³-hybridized carbons (Fsp3) is 0.818. The second-order valence-corrected chi connectivity index (χ2v) is 10.3. The fourth-order valence-corrected chi connectivity index (χ4v) is 6.07. The Hall–Kier alpha value is -1.92. The van der Waals surface area contributed by atoms with Crippen molar-refractivity contribution in [1.82, 2.24) is 15.6 Å². The van der Waals surface area contributed by atoms with E-state index in [-0.39, 0.29) is 23.3 Å². The van der Waals surface area contributed by atoms with E-state index in [0.29, 0.717) is 18.8 Å². The van der Waals surface area contributed by atoms with Crippen molar-refractivity contribution >= 4 is 23.6 Å². The van der Waals surface area contributed by atoms with Crippen molar-refractivity contribution in [3.63, 3.8) is 0 Å². The summed E-state index contributed by atoms with van der Waals surface area (Å²) in [6.45, 7) is 6.54. The van der Waals surface area contributed by atoms with Crippen molar-refractivity contribution < 1.29 is 14.4 Å². The number of imide groups is 1. The Morgan fingerprint density at radius 1 is 1.10 bits per heavy atom. The van der Waals surface area contributed by atoms with Gasteiger partial charge in [0.05, 0.1) is 0 Å². The van der Waals surface area contributed by atoms with Gasteiger partial charge in [0.2, 0.25) is 0 Å². The second kappa shape index (κ2) is 7.10. The molecule has 2 atom stereocenters. The third kappa shape index (κ3) is 3.17. The smallest absolute Gasteiger partial charge is 0.323 e. The van der Waals surface area contributed by atoms with Crippen molar-refractivity contribution in [3.05, 3.63) is 0 Å². The minimum Gasteiger partial charge on any atom is -0.323 e. The zero-order valence-electron chi connectivity index (χ0n) is 18.0. The van der Waals surface area contributed by atoms with Crippen LogP contribution in [0.15, 0.2) is 5.10 Å². The summed E-state index contributed by atoms with van der Waals surface area (Å²) in [6.07, 6.45) is 9.73. The molecule has 4 amide bonds. The topological polar surface area (TPSA) is 90.9 Å². The summed E-state index contributed by atoms with van der Waals surface area (Å²) in [5, 5.41) is 7.34. The number of fused-ring (bicyclic) bond motifs is 2. The summed E-state index contributed by atoms with van der Waals surface area (Å²) >= 11 is 0. The molecule has 3 aliphatic carbocycles. The first-order chi connectivity index (χ1) is 13.7. The number of hydrogen-bond donors (Lipinski definition) is 2. The number of hydrazone groups is 1. The number of nitrogens with zero attached hydrogens (tertiary/aromatic N) is 2. The number of nitrogens with one attached hydrogen (secondary N) is 2. The summed E-state index contributed by atoms with van der Waals surface area (Å²) in [5.74, 6) is -0.0541. The molecule has 7 heteroatoms. The number of urea groups is 1. The Bertz CT molecular complexity index is 751. The molecule has 2 unspecified atom stereocenters. The molecule has 4 aliphatic rings. The van der Waals surface area contributed by atoms with Gasteiger partial charge in [0.1, 0.15) is 12.1 Å². The zero-order chi connectivity index (χ0) is 20.9. The number of carbonyl (C=O) groups excluding carboxylic acids is 3. The van der Waals surface area contributed by atoms with Crippen LogP contribution in [0, 0.1) is 16.7 Å². The Labute approximate surface area is 173 Å². The van der Waals surface area contributed by atoms with Crippen LogP contribution in [-0.4, -0.2) is 40.5 Å². The van der Waals surface area contributed by atoms with Crippen LogP contribution in [-0.2, 0) is 9.59 Å². The first kappa shape index (κ1) is 20.4. The fourth-order valence-electron chi connectivity index (χ4n) is 6.07. The van der Waals surface area contributed by atoms with E-state index in [1.165, 1.54) is 12.8 Å². The van der Waals surface area contributed by atoms with Crippen molar-refractivity contribution in [1.29, 1.82) is 0 Å². The van der Waals surface area contributed by atoms with E-state index in [2.05, 4.69) is 36.6 Å². The maximum atomic E-state index is 13.0. The molecule has 2 N–H and O–H groups in total. The third-order valence-corrected chi connectivity index (χ3v) is 8.58. The van der Waals surface area contributed by atoms with Gasteiger partial charge in [-0.15, -0.1) is 0 Å². The van der Waals surface area contributed by atoms with Crippen LogP contribution >= 0.6 is 0 Å². The lowest BCUT2D eigenvalue weighted by Gasteiger charge is -2.34. The van der Waals surface area contributed by atoms with Crippen LogP contribution in [0.2, 0.25) is 0 Å². The molecular formula is C22H34N4O3. The van der Waals surface area contributed by atoms with Gasteiger partial charge in [-0.05, 0) is 43.4 Å². The van der Waals surface area contributed by atoms with E-state index in [1.54, 1.807) is 0 Å². The number of amides is 4. The third-order valence-electron chi connectivity index (χ3n) is 8.58. The molecule has 1 spiro atoms. The van der Waals surface area contributed by atoms with Gasteiger partial charge in [-0.3, -0.25) is 14.5 Å². The van der Waals surface area contributed by atoms with Gasteiger partial charge in [0, 0.05) is 11.1 Å². The minimum absolute atomic E-state index is 0.00863. The summed E-state index contributed by atoms with van der Waals surface area (Å²) in [5.41, 5.74) is 3.05. The Kier molecular flexibility index (Phi) is 4.98. The van der Waals surface area contributed by atoms with Gasteiger partial charge in [-0.25, -0.2) is 10.2 Å². The summed E-state index contributed by atoms with van der Waals surface area (Å²) in [7, 11) is 0. The highest BCUT2D eigenvalue weighted by Gasteiger charge is 2.60. The normalized spacial score (nSPS) is 34.4. The van der Waals surface area contributed by atoms with Gasteiger partial charge < -0.3 is 5.32 Å². The molecule has 0 radical (unpaired) electrons. The quantitative estimate of drug-likeness (QED) is 0.560. The molecule has 3 saturated carbocycles. The van der Waals surface area contributed by atoms with Crippen LogP contribution in [0.3, 0.4) is 0 Å². The highest BCUT2D eigenvalue weighted by molar-refractivity contribution is 6.09. The van der Waals surface area contributed by atoms with Gasteiger partial charge in [0.25, 0.3) is 11.8 Å². The lowest BCUT2D eigenvalue weighted by atomic mass is 9.70. The highest BCUT2D eigenvalue weighted by atomic mass is 16.2. The number of carbonyl (C=O) groups is 3. The Balaban J connectivity index is 1.40. The van der Waals surface area contributed by atoms with Crippen LogP contribution in [0.1, 0.15) is 85.0 Å². The maximum absolute atomic E-state index is 13.0. The minimum atomic E-state index is -0.814. The van der Waals surface area contributed by atoms with E-state index in [4.69, 9.17) is 0 Å². The average molecular weight is 403 g/mol. The average Bonchev–Trinajstić information content (AvgIpc) is 3.10. The molecular weight excluding hydrogens is 368 g/mol. The Morgan fingerprint density at radius 2 is 1.76 bits per heavy atom. The summed E-state index contributed by atoms with van der Waals surface area (Å²) in [4.78, 5) is 39.1. The van der Waals surface area contributed by atoms with Crippen molar-refractivity contribution in [3.8, 4) is 0 Å². The molecule has 4 rings (SSSR count). The standard InChI is InChI=1S/C22H34N4O3/c1-20(2)15-9-12-21(20,3)16(13-15)24-25-17(27)14-26-18(28)22(23-19(26)29)10-7-5-4-6-8-11-22/h15H,4-14H2,1-3H3,(H,23,29)(H,25,27)/b24-16+. The maximum Gasteiger partial charge on any atom is 0.325 e. The van der Waals surface area contributed by atoms with E-state index in [9.17, 15) is 14.4 Å². The van der Waals surface area contributed by atoms with E-state index >= 15 is 0 Å². The van der Waals surface area contributed by atoms with Gasteiger partial charge >= 0.3 is 6.03 Å². The molecule has 0 aromatic heterocycles. The molecule has 4 fully saturated rings. The molecule has 1 aliphatic heterocycles. The second-order valence-electron chi connectivity index (χ2n) is 10.3. The predicted molar refractivity (Wildman–Crippen MR) is 110 cm³/mol. The molecule has 0 aromatic rings. The van der Waals surface area contributed by atoms with Crippen LogP contribution in [0.25, 0.3) is 0 Å². The molecule has 1 heterocycles. The van der Waals surface area contributed by atoms with E-state index in [0.717, 1.165) is 49.1 Å². The van der Waals surface area contributed by atoms with Gasteiger partial charge in [0.15, 0.2) is 0 Å². The van der Waals surface area contributed by atoms with Crippen molar-refractivity contribution in [2.75, 3.05) is 6.54 Å². The first-order valence-electron chi connectivity index (χ1n) is 11.2. The van der Waals surface area contributed by atoms with Crippen LogP contribution in [0.5, 0.6) is 0 Å². The zero-order valence-corrected chi connectivity index (χ0v) is 18.0. The molecule has 2 bridgehead atoms.